The van der Waals surface area contributed by atoms with E-state index in [2.05, 4.69) is 55.3 Å². The van der Waals surface area contributed by atoms with Gasteiger partial charge >= 0.3 is 0 Å². The summed E-state index contributed by atoms with van der Waals surface area (Å²) in [4.78, 5) is 11.4. The zero-order valence-corrected chi connectivity index (χ0v) is 13.4. The monoisotopic (exact) mass is 323 g/mol. The number of carbonyl (C=O) groups is 1. The number of carbonyl (C=O) groups excluding carboxylic acids is 1. The summed E-state index contributed by atoms with van der Waals surface area (Å²) in [6.07, 6.45) is 0.563. The van der Waals surface area contributed by atoms with Crippen LogP contribution < -0.4 is 5.32 Å². The van der Waals surface area contributed by atoms with Gasteiger partial charge in [-0.05, 0) is 30.2 Å². The summed E-state index contributed by atoms with van der Waals surface area (Å²) in [7, 11) is 0. The Morgan fingerprint density at radius 3 is 2.62 bits per heavy atom. The summed E-state index contributed by atoms with van der Waals surface area (Å²) in [5.41, 5.74) is 5.19. The molecule has 3 heterocycles. The van der Waals surface area contributed by atoms with Crippen molar-refractivity contribution in [2.45, 2.75) is 26.2 Å². The molecule has 1 aromatic carbocycles. The lowest BCUT2D eigenvalue weighted by Gasteiger charge is -2.09. The number of aryl methyl sites for hydroxylation is 1. The quantitative estimate of drug-likeness (QED) is 0.756. The van der Waals surface area contributed by atoms with Gasteiger partial charge in [0.2, 0.25) is 5.91 Å². The molecule has 0 spiro atoms. The first kappa shape index (κ1) is 14.6. The zero-order chi connectivity index (χ0) is 16.7. The lowest BCUT2D eigenvalue weighted by atomic mass is 9.95. The molecule has 122 valence electrons. The SMILES string of the molecule is Cc1nn(-c2nn[nH]n2)c(C)c1-c1ccc(C2CNC(=O)C2)cc1. The van der Waals surface area contributed by atoms with Crippen molar-refractivity contribution >= 4 is 5.91 Å². The first-order valence-corrected chi connectivity index (χ1v) is 7.80. The van der Waals surface area contributed by atoms with E-state index in [4.69, 9.17) is 0 Å². The van der Waals surface area contributed by atoms with Crippen LogP contribution in [0.1, 0.15) is 29.3 Å². The van der Waals surface area contributed by atoms with Gasteiger partial charge in [0.15, 0.2) is 0 Å². The Balaban J connectivity index is 1.68. The van der Waals surface area contributed by atoms with Gasteiger partial charge in [0.1, 0.15) is 0 Å². The molecule has 3 aromatic rings. The number of nitrogens with zero attached hydrogens (tertiary/aromatic N) is 5. The molecular formula is C16H17N7O. The summed E-state index contributed by atoms with van der Waals surface area (Å²) < 4.78 is 1.68. The van der Waals surface area contributed by atoms with Gasteiger partial charge in [-0.2, -0.15) is 15.0 Å². The highest BCUT2D eigenvalue weighted by Crippen LogP contribution is 2.30. The molecule has 1 saturated heterocycles. The maximum Gasteiger partial charge on any atom is 0.290 e. The van der Waals surface area contributed by atoms with Crippen molar-refractivity contribution in [1.29, 1.82) is 0 Å². The molecule has 1 atom stereocenters. The number of rotatable bonds is 3. The van der Waals surface area contributed by atoms with E-state index in [1.165, 1.54) is 5.56 Å². The Labute approximate surface area is 138 Å². The average molecular weight is 323 g/mol. The number of nitrogens with one attached hydrogen (secondary N) is 2. The van der Waals surface area contributed by atoms with Gasteiger partial charge < -0.3 is 5.32 Å². The molecule has 0 aliphatic carbocycles. The van der Waals surface area contributed by atoms with Gasteiger partial charge in [0.05, 0.1) is 11.4 Å². The summed E-state index contributed by atoms with van der Waals surface area (Å²) in [6.45, 7) is 4.66. The van der Waals surface area contributed by atoms with E-state index >= 15 is 0 Å². The Morgan fingerprint density at radius 2 is 2.00 bits per heavy atom. The summed E-state index contributed by atoms with van der Waals surface area (Å²) >= 11 is 0. The lowest BCUT2D eigenvalue weighted by Crippen LogP contribution is -2.13. The summed E-state index contributed by atoms with van der Waals surface area (Å²) in [5.74, 6) is 0.807. The molecule has 1 aliphatic heterocycles. The van der Waals surface area contributed by atoms with Crippen molar-refractivity contribution in [2.24, 2.45) is 0 Å². The van der Waals surface area contributed by atoms with Crippen molar-refractivity contribution in [3.05, 3.63) is 41.2 Å². The predicted molar refractivity (Wildman–Crippen MR) is 86.6 cm³/mol. The van der Waals surface area contributed by atoms with Gasteiger partial charge in [0.25, 0.3) is 5.95 Å². The second-order valence-corrected chi connectivity index (χ2v) is 6.00. The predicted octanol–water partition coefficient (Wildman–Crippen LogP) is 1.27. The lowest BCUT2D eigenvalue weighted by molar-refractivity contribution is -0.119. The number of benzene rings is 1. The highest BCUT2D eigenvalue weighted by Gasteiger charge is 2.23. The Bertz CT molecular complexity index is 880. The number of tetrazole rings is 1. The second-order valence-electron chi connectivity index (χ2n) is 6.00. The number of hydrogen-bond acceptors (Lipinski definition) is 5. The van der Waals surface area contributed by atoms with Gasteiger partial charge in [-0.25, -0.2) is 0 Å². The number of aromatic amines is 1. The van der Waals surface area contributed by atoms with Crippen LogP contribution in [0.2, 0.25) is 0 Å². The molecule has 24 heavy (non-hydrogen) atoms. The van der Waals surface area contributed by atoms with Crippen LogP contribution >= 0.6 is 0 Å². The molecule has 0 bridgehead atoms. The normalized spacial score (nSPS) is 17.2. The van der Waals surface area contributed by atoms with Crippen molar-refractivity contribution in [1.82, 2.24) is 35.7 Å². The fourth-order valence-corrected chi connectivity index (χ4v) is 3.26. The topological polar surface area (TPSA) is 101 Å². The molecular weight excluding hydrogens is 306 g/mol. The van der Waals surface area contributed by atoms with Crippen LogP contribution in [0, 0.1) is 13.8 Å². The molecule has 1 unspecified atom stereocenters. The van der Waals surface area contributed by atoms with Gasteiger partial charge in [-0.1, -0.05) is 29.4 Å². The first-order chi connectivity index (χ1) is 11.6. The third kappa shape index (κ3) is 2.36. The summed E-state index contributed by atoms with van der Waals surface area (Å²) in [5, 5.41) is 21.4. The van der Waals surface area contributed by atoms with Crippen LogP contribution in [0.5, 0.6) is 0 Å². The minimum atomic E-state index is 0.122. The van der Waals surface area contributed by atoms with Gasteiger partial charge in [-0.3, -0.25) is 4.79 Å². The molecule has 0 radical (unpaired) electrons. The Hall–Kier alpha value is -3.03. The second kappa shape index (κ2) is 5.55. The zero-order valence-electron chi connectivity index (χ0n) is 13.4. The highest BCUT2D eigenvalue weighted by atomic mass is 16.1. The minimum absolute atomic E-state index is 0.122. The summed E-state index contributed by atoms with van der Waals surface area (Å²) in [6, 6.07) is 8.33. The molecule has 4 rings (SSSR count). The van der Waals surface area contributed by atoms with Crippen LogP contribution in [0.15, 0.2) is 24.3 Å². The smallest absolute Gasteiger partial charge is 0.290 e. The highest BCUT2D eigenvalue weighted by molar-refractivity contribution is 5.79. The van der Waals surface area contributed by atoms with E-state index in [1.54, 1.807) is 4.68 Å². The molecule has 8 heteroatoms. The molecule has 1 fully saturated rings. The number of hydrogen-bond donors (Lipinski definition) is 2. The largest absolute Gasteiger partial charge is 0.355 e. The van der Waals surface area contributed by atoms with E-state index in [0.29, 0.717) is 18.9 Å². The fraction of sp³-hybridized carbons (Fsp3) is 0.312. The maximum absolute atomic E-state index is 11.4. The van der Waals surface area contributed by atoms with Crippen molar-refractivity contribution in [3.8, 4) is 17.1 Å². The number of aromatic nitrogens is 6. The number of amides is 1. The van der Waals surface area contributed by atoms with E-state index in [9.17, 15) is 4.79 Å². The maximum atomic E-state index is 11.4. The first-order valence-electron chi connectivity index (χ1n) is 7.80. The Kier molecular flexibility index (Phi) is 3.37. The van der Waals surface area contributed by atoms with E-state index < -0.39 is 0 Å². The molecule has 2 aromatic heterocycles. The fourth-order valence-electron chi connectivity index (χ4n) is 3.26. The standard InChI is InChI=1S/C16H17N7O/c1-9-15(10(2)23(20-9)16-18-21-22-19-16)12-5-3-11(4-6-12)13-7-14(24)17-8-13/h3-6,13H,7-8H2,1-2H3,(H,17,24)(H,18,19,21,22). The van der Waals surface area contributed by atoms with Crippen LogP contribution in [0.3, 0.4) is 0 Å². The van der Waals surface area contributed by atoms with E-state index in [1.807, 2.05) is 13.8 Å². The van der Waals surface area contributed by atoms with Gasteiger partial charge in [0, 0.05) is 24.4 Å². The van der Waals surface area contributed by atoms with Crippen molar-refractivity contribution in [2.75, 3.05) is 6.54 Å². The molecule has 2 N–H and O–H groups in total. The van der Waals surface area contributed by atoms with Gasteiger partial charge in [-0.15, -0.1) is 5.10 Å². The third-order valence-electron chi connectivity index (χ3n) is 4.46. The van der Waals surface area contributed by atoms with Crippen LogP contribution in [-0.2, 0) is 4.79 Å². The molecule has 1 amide bonds. The van der Waals surface area contributed by atoms with Crippen LogP contribution in [-0.4, -0.2) is 42.9 Å². The molecule has 8 nitrogen and oxygen atoms in total. The van der Waals surface area contributed by atoms with Crippen LogP contribution in [0.4, 0.5) is 0 Å². The van der Waals surface area contributed by atoms with Crippen molar-refractivity contribution in [3.63, 3.8) is 0 Å². The van der Waals surface area contributed by atoms with Crippen LogP contribution in [0.25, 0.3) is 17.1 Å². The van der Waals surface area contributed by atoms with Crippen molar-refractivity contribution < 1.29 is 4.79 Å². The molecule has 0 saturated carbocycles. The Morgan fingerprint density at radius 1 is 1.21 bits per heavy atom. The number of H-pyrrole nitrogens is 1. The van der Waals surface area contributed by atoms with E-state index in [0.717, 1.165) is 22.5 Å². The van der Waals surface area contributed by atoms with E-state index in [-0.39, 0.29) is 11.8 Å². The average Bonchev–Trinajstić information content (AvgIpc) is 3.29. The molecule has 1 aliphatic rings. The third-order valence-corrected chi connectivity index (χ3v) is 4.46. The minimum Gasteiger partial charge on any atom is -0.355 e.